The Balaban J connectivity index is 1.74. The van der Waals surface area contributed by atoms with Gasteiger partial charge in [-0.2, -0.15) is 0 Å². The van der Waals surface area contributed by atoms with Crippen LogP contribution in [-0.4, -0.2) is 32.5 Å². The Morgan fingerprint density at radius 1 is 1.30 bits per heavy atom. The molecular formula is C15H18N4S. The molecule has 20 heavy (non-hydrogen) atoms. The van der Waals surface area contributed by atoms with Crippen LogP contribution in [0.15, 0.2) is 42.7 Å². The van der Waals surface area contributed by atoms with Crippen molar-refractivity contribution in [1.29, 1.82) is 0 Å². The molecule has 1 aromatic carbocycles. The monoisotopic (exact) mass is 286 g/mol. The van der Waals surface area contributed by atoms with Crippen LogP contribution in [0.3, 0.4) is 0 Å². The molecule has 0 bridgehead atoms. The van der Waals surface area contributed by atoms with E-state index in [0.717, 1.165) is 32.0 Å². The lowest BCUT2D eigenvalue weighted by atomic mass is 9.98. The number of benzene rings is 1. The molecule has 0 saturated carbocycles. The van der Waals surface area contributed by atoms with Gasteiger partial charge in [-0.1, -0.05) is 42.5 Å². The molecule has 104 valence electrons. The zero-order valence-electron chi connectivity index (χ0n) is 11.3. The predicted octanol–water partition coefficient (Wildman–Crippen LogP) is 1.77. The Bertz CT molecular complexity index is 593. The highest BCUT2D eigenvalue weighted by Gasteiger charge is 2.22. The van der Waals surface area contributed by atoms with Gasteiger partial charge in [0, 0.05) is 37.9 Å². The highest BCUT2D eigenvalue weighted by Crippen LogP contribution is 2.20. The summed E-state index contributed by atoms with van der Waals surface area (Å²) in [5.74, 6) is 1.22. The van der Waals surface area contributed by atoms with Crippen LogP contribution in [-0.2, 0) is 13.1 Å². The molecule has 0 spiro atoms. The summed E-state index contributed by atoms with van der Waals surface area (Å²) < 4.78 is 2.20. The summed E-state index contributed by atoms with van der Waals surface area (Å²) in [5.41, 5.74) is 7.13. The third kappa shape index (κ3) is 2.73. The molecule has 2 aromatic rings. The number of hydrogen-bond donors (Lipinski definition) is 1. The van der Waals surface area contributed by atoms with E-state index >= 15 is 0 Å². The van der Waals surface area contributed by atoms with Gasteiger partial charge in [0.05, 0.1) is 11.5 Å². The predicted molar refractivity (Wildman–Crippen MR) is 83.5 cm³/mol. The maximum absolute atomic E-state index is 5.94. The topological polar surface area (TPSA) is 47.1 Å². The van der Waals surface area contributed by atoms with Crippen LogP contribution in [0.4, 0.5) is 0 Å². The van der Waals surface area contributed by atoms with Gasteiger partial charge in [0.25, 0.3) is 0 Å². The number of thiocarbonyl (C=S) groups is 1. The summed E-state index contributed by atoms with van der Waals surface area (Å²) in [4.78, 5) is 7.32. The SMILES string of the molecule is NC(=S)C(CN1CCn2ccnc2C1)c1ccccc1. The second-order valence-corrected chi connectivity index (χ2v) is 5.61. The number of nitrogens with two attached hydrogens (primary N) is 1. The van der Waals surface area contributed by atoms with Crippen molar-refractivity contribution in [2.45, 2.75) is 19.0 Å². The van der Waals surface area contributed by atoms with Crippen LogP contribution in [0.2, 0.25) is 0 Å². The number of nitrogens with zero attached hydrogens (tertiary/aromatic N) is 3. The summed E-state index contributed by atoms with van der Waals surface area (Å²) >= 11 is 5.26. The largest absolute Gasteiger partial charge is 0.393 e. The lowest BCUT2D eigenvalue weighted by Crippen LogP contribution is -2.39. The van der Waals surface area contributed by atoms with Crippen LogP contribution in [0.25, 0.3) is 0 Å². The van der Waals surface area contributed by atoms with E-state index in [1.165, 1.54) is 5.56 Å². The first-order valence-corrected chi connectivity index (χ1v) is 7.21. The van der Waals surface area contributed by atoms with Gasteiger partial charge < -0.3 is 10.3 Å². The first-order chi connectivity index (χ1) is 9.74. The molecular weight excluding hydrogens is 268 g/mol. The molecule has 3 rings (SSSR count). The lowest BCUT2D eigenvalue weighted by Gasteiger charge is -2.30. The van der Waals surface area contributed by atoms with E-state index in [9.17, 15) is 0 Å². The van der Waals surface area contributed by atoms with Crippen LogP contribution in [0, 0.1) is 0 Å². The van der Waals surface area contributed by atoms with E-state index in [1.807, 2.05) is 30.6 Å². The van der Waals surface area contributed by atoms with Crippen molar-refractivity contribution in [2.75, 3.05) is 13.1 Å². The fraction of sp³-hybridized carbons (Fsp3) is 0.333. The average Bonchev–Trinajstić information content (AvgIpc) is 2.93. The van der Waals surface area contributed by atoms with Gasteiger partial charge in [0.15, 0.2) is 0 Å². The van der Waals surface area contributed by atoms with E-state index in [2.05, 4.69) is 26.6 Å². The molecule has 5 heteroatoms. The third-order valence-corrected chi connectivity index (χ3v) is 4.09. The van der Waals surface area contributed by atoms with Gasteiger partial charge in [-0.05, 0) is 5.56 Å². The first kappa shape index (κ1) is 13.3. The molecule has 0 radical (unpaired) electrons. The maximum atomic E-state index is 5.94. The Morgan fingerprint density at radius 2 is 2.10 bits per heavy atom. The number of aromatic nitrogens is 2. The van der Waals surface area contributed by atoms with Gasteiger partial charge in [-0.15, -0.1) is 0 Å². The Kier molecular flexibility index (Phi) is 3.80. The van der Waals surface area contributed by atoms with E-state index in [-0.39, 0.29) is 5.92 Å². The molecule has 2 heterocycles. The second kappa shape index (κ2) is 5.73. The van der Waals surface area contributed by atoms with Crippen molar-refractivity contribution in [3.05, 3.63) is 54.1 Å². The molecule has 0 amide bonds. The van der Waals surface area contributed by atoms with Gasteiger partial charge in [-0.3, -0.25) is 4.90 Å². The quantitative estimate of drug-likeness (QED) is 0.870. The molecule has 1 aliphatic heterocycles. The number of hydrogen-bond acceptors (Lipinski definition) is 3. The van der Waals surface area contributed by atoms with E-state index in [4.69, 9.17) is 18.0 Å². The van der Waals surface area contributed by atoms with E-state index in [1.54, 1.807) is 0 Å². The molecule has 2 N–H and O–H groups in total. The fourth-order valence-corrected chi connectivity index (χ4v) is 2.89. The molecule has 1 unspecified atom stereocenters. The number of imidazole rings is 1. The van der Waals surface area contributed by atoms with Crippen molar-refractivity contribution in [1.82, 2.24) is 14.5 Å². The molecule has 0 aliphatic carbocycles. The van der Waals surface area contributed by atoms with Crippen molar-refractivity contribution in [3.8, 4) is 0 Å². The molecule has 0 fully saturated rings. The minimum atomic E-state index is 0.104. The average molecular weight is 286 g/mol. The highest BCUT2D eigenvalue weighted by atomic mass is 32.1. The summed E-state index contributed by atoms with van der Waals surface area (Å²) in [6.45, 7) is 3.70. The van der Waals surface area contributed by atoms with Crippen molar-refractivity contribution in [2.24, 2.45) is 5.73 Å². The summed E-state index contributed by atoms with van der Waals surface area (Å²) in [5, 5.41) is 0. The molecule has 1 atom stereocenters. The van der Waals surface area contributed by atoms with Gasteiger partial charge in [-0.25, -0.2) is 4.98 Å². The highest BCUT2D eigenvalue weighted by molar-refractivity contribution is 7.80. The van der Waals surface area contributed by atoms with Crippen LogP contribution >= 0.6 is 12.2 Å². The normalized spacial score (nSPS) is 16.6. The van der Waals surface area contributed by atoms with Gasteiger partial charge >= 0.3 is 0 Å². The molecule has 4 nitrogen and oxygen atoms in total. The van der Waals surface area contributed by atoms with Crippen molar-refractivity contribution >= 4 is 17.2 Å². The third-order valence-electron chi connectivity index (χ3n) is 3.81. The zero-order chi connectivity index (χ0) is 13.9. The zero-order valence-corrected chi connectivity index (χ0v) is 12.1. The van der Waals surface area contributed by atoms with Crippen LogP contribution in [0.1, 0.15) is 17.3 Å². The first-order valence-electron chi connectivity index (χ1n) is 6.80. The van der Waals surface area contributed by atoms with Crippen molar-refractivity contribution in [3.63, 3.8) is 0 Å². The maximum Gasteiger partial charge on any atom is 0.122 e. The Labute approximate surface area is 124 Å². The Hall–Kier alpha value is -1.72. The second-order valence-electron chi connectivity index (χ2n) is 5.14. The van der Waals surface area contributed by atoms with E-state index < -0.39 is 0 Å². The standard InChI is InChI=1S/C15H18N4S/c16-15(20)13(12-4-2-1-3-5-12)10-18-8-9-19-7-6-17-14(19)11-18/h1-7,13H,8-11H2,(H2,16,20). The van der Waals surface area contributed by atoms with Gasteiger partial charge in [0.2, 0.25) is 0 Å². The number of fused-ring (bicyclic) bond motifs is 1. The minimum absolute atomic E-state index is 0.104. The molecule has 0 saturated heterocycles. The summed E-state index contributed by atoms with van der Waals surface area (Å²) in [6, 6.07) is 10.3. The summed E-state index contributed by atoms with van der Waals surface area (Å²) in [7, 11) is 0. The van der Waals surface area contributed by atoms with Crippen LogP contribution in [0.5, 0.6) is 0 Å². The molecule has 1 aromatic heterocycles. The fourth-order valence-electron chi connectivity index (χ4n) is 2.68. The van der Waals surface area contributed by atoms with Crippen molar-refractivity contribution < 1.29 is 0 Å². The van der Waals surface area contributed by atoms with E-state index in [0.29, 0.717) is 4.99 Å². The smallest absolute Gasteiger partial charge is 0.122 e. The van der Waals surface area contributed by atoms with Crippen LogP contribution < -0.4 is 5.73 Å². The minimum Gasteiger partial charge on any atom is -0.393 e. The lowest BCUT2D eigenvalue weighted by molar-refractivity contribution is 0.215. The number of rotatable bonds is 4. The molecule has 1 aliphatic rings. The summed E-state index contributed by atoms with van der Waals surface area (Å²) in [6.07, 6.45) is 3.90. The Morgan fingerprint density at radius 3 is 2.85 bits per heavy atom. The van der Waals surface area contributed by atoms with Gasteiger partial charge in [0.1, 0.15) is 5.82 Å².